The van der Waals surface area contributed by atoms with Gasteiger partial charge in [0.25, 0.3) is 0 Å². The van der Waals surface area contributed by atoms with E-state index in [1.54, 1.807) is 6.07 Å². The Bertz CT molecular complexity index is 442. The number of rotatable bonds is 7. The minimum Gasteiger partial charge on any atom is -0.396 e. The molecule has 0 spiro atoms. The Labute approximate surface area is 114 Å². The highest BCUT2D eigenvalue weighted by molar-refractivity contribution is 5.33. The van der Waals surface area contributed by atoms with Crippen LogP contribution in [0.1, 0.15) is 37.8 Å². The van der Waals surface area contributed by atoms with E-state index in [-0.39, 0.29) is 17.8 Å². The number of aliphatic hydroxyl groups excluding tert-OH is 1. The fourth-order valence-corrected chi connectivity index (χ4v) is 2.02. The summed E-state index contributed by atoms with van der Waals surface area (Å²) in [7, 11) is 0. The average molecular weight is 264 g/mol. The molecule has 104 valence electrons. The molecule has 0 saturated carbocycles. The van der Waals surface area contributed by atoms with Crippen molar-refractivity contribution >= 4 is 0 Å². The van der Waals surface area contributed by atoms with E-state index in [1.165, 1.54) is 12.1 Å². The Morgan fingerprint density at radius 1 is 1.37 bits per heavy atom. The Morgan fingerprint density at radius 2 is 2.05 bits per heavy atom. The molecule has 4 heteroatoms. The molecule has 0 heterocycles. The van der Waals surface area contributed by atoms with Crippen molar-refractivity contribution in [2.75, 3.05) is 13.2 Å². The molecule has 0 radical (unpaired) electrons. The van der Waals surface area contributed by atoms with Crippen LogP contribution < -0.4 is 5.32 Å². The van der Waals surface area contributed by atoms with E-state index in [0.29, 0.717) is 24.2 Å². The third kappa shape index (κ3) is 4.02. The predicted octanol–water partition coefficient (Wildman–Crippen LogP) is 2.59. The van der Waals surface area contributed by atoms with Crippen molar-refractivity contribution in [1.29, 1.82) is 5.26 Å². The van der Waals surface area contributed by atoms with Gasteiger partial charge in [-0.15, -0.1) is 0 Å². The van der Waals surface area contributed by atoms with Crippen LogP contribution in [-0.4, -0.2) is 18.3 Å². The standard InChI is InChI=1S/C15H21FN2O/c1-3-15(4-2,11-19)10-18-9-13-7-12(8-17)5-6-14(13)16/h5-7,18-19H,3-4,9-11H2,1-2H3. The van der Waals surface area contributed by atoms with Gasteiger partial charge in [0.05, 0.1) is 11.6 Å². The SMILES string of the molecule is CCC(CC)(CO)CNCc1cc(C#N)ccc1F. The van der Waals surface area contributed by atoms with Gasteiger partial charge in [-0.1, -0.05) is 13.8 Å². The molecule has 1 rings (SSSR count). The molecule has 0 amide bonds. The normalized spacial score (nSPS) is 11.3. The third-order valence-electron chi connectivity index (χ3n) is 3.83. The molecule has 0 fully saturated rings. The van der Waals surface area contributed by atoms with Crippen LogP contribution >= 0.6 is 0 Å². The fourth-order valence-electron chi connectivity index (χ4n) is 2.02. The summed E-state index contributed by atoms with van der Waals surface area (Å²) in [5.41, 5.74) is 0.791. The zero-order chi connectivity index (χ0) is 14.3. The maximum atomic E-state index is 13.6. The topological polar surface area (TPSA) is 56.0 Å². The molecule has 0 saturated heterocycles. The van der Waals surface area contributed by atoms with Gasteiger partial charge in [-0.05, 0) is 31.0 Å². The molecule has 0 aliphatic rings. The molecule has 1 aromatic carbocycles. The molecule has 1 aromatic rings. The molecular weight excluding hydrogens is 243 g/mol. The van der Waals surface area contributed by atoms with Crippen LogP contribution in [0.4, 0.5) is 4.39 Å². The number of nitrogens with zero attached hydrogens (tertiary/aromatic N) is 1. The molecule has 0 bridgehead atoms. The lowest BCUT2D eigenvalue weighted by atomic mass is 9.83. The number of nitrogens with one attached hydrogen (secondary N) is 1. The minimum absolute atomic E-state index is 0.119. The number of aliphatic hydroxyl groups is 1. The van der Waals surface area contributed by atoms with Gasteiger partial charge in [0.15, 0.2) is 0 Å². The van der Waals surface area contributed by atoms with E-state index >= 15 is 0 Å². The van der Waals surface area contributed by atoms with E-state index < -0.39 is 0 Å². The number of halogens is 1. The first-order valence-corrected chi connectivity index (χ1v) is 6.61. The molecule has 2 N–H and O–H groups in total. The zero-order valence-electron chi connectivity index (χ0n) is 11.5. The summed E-state index contributed by atoms with van der Waals surface area (Å²) in [4.78, 5) is 0. The molecule has 0 aliphatic carbocycles. The predicted molar refractivity (Wildman–Crippen MR) is 72.9 cm³/mol. The molecular formula is C15H21FN2O. The molecule has 0 unspecified atom stereocenters. The summed E-state index contributed by atoms with van der Waals surface area (Å²) in [6.45, 7) is 5.19. The van der Waals surface area contributed by atoms with Crippen molar-refractivity contribution < 1.29 is 9.50 Å². The molecule has 3 nitrogen and oxygen atoms in total. The van der Waals surface area contributed by atoms with Gasteiger partial charge in [0, 0.05) is 30.7 Å². The summed E-state index contributed by atoms with van der Waals surface area (Å²) in [6, 6.07) is 6.34. The second-order valence-corrected chi connectivity index (χ2v) is 4.89. The molecule has 0 atom stereocenters. The Morgan fingerprint density at radius 3 is 2.58 bits per heavy atom. The van der Waals surface area contributed by atoms with Crippen molar-refractivity contribution in [3.05, 3.63) is 35.1 Å². The number of nitriles is 1. The zero-order valence-corrected chi connectivity index (χ0v) is 11.5. The van der Waals surface area contributed by atoms with Crippen LogP contribution in [0.25, 0.3) is 0 Å². The van der Waals surface area contributed by atoms with Gasteiger partial charge in [-0.3, -0.25) is 0 Å². The molecule has 19 heavy (non-hydrogen) atoms. The van der Waals surface area contributed by atoms with Gasteiger partial charge >= 0.3 is 0 Å². The highest BCUT2D eigenvalue weighted by atomic mass is 19.1. The van der Waals surface area contributed by atoms with Crippen molar-refractivity contribution in [1.82, 2.24) is 5.32 Å². The van der Waals surface area contributed by atoms with E-state index in [0.717, 1.165) is 12.8 Å². The van der Waals surface area contributed by atoms with Crippen molar-refractivity contribution in [3.63, 3.8) is 0 Å². The fraction of sp³-hybridized carbons (Fsp3) is 0.533. The number of benzene rings is 1. The van der Waals surface area contributed by atoms with E-state index in [2.05, 4.69) is 5.32 Å². The lowest BCUT2D eigenvalue weighted by Gasteiger charge is -2.29. The minimum atomic E-state index is -0.311. The summed E-state index contributed by atoms with van der Waals surface area (Å²) in [5.74, 6) is -0.311. The highest BCUT2D eigenvalue weighted by Crippen LogP contribution is 2.24. The number of hydrogen-bond donors (Lipinski definition) is 2. The summed E-state index contributed by atoms with van der Waals surface area (Å²) in [5, 5.41) is 21.4. The van der Waals surface area contributed by atoms with Crippen LogP contribution in [0.5, 0.6) is 0 Å². The van der Waals surface area contributed by atoms with Crippen LogP contribution in [0.15, 0.2) is 18.2 Å². The lowest BCUT2D eigenvalue weighted by molar-refractivity contribution is 0.113. The average Bonchev–Trinajstić information content (AvgIpc) is 2.46. The smallest absolute Gasteiger partial charge is 0.127 e. The first-order chi connectivity index (χ1) is 9.10. The van der Waals surface area contributed by atoms with Crippen LogP contribution in [0.3, 0.4) is 0 Å². The maximum absolute atomic E-state index is 13.6. The van der Waals surface area contributed by atoms with Gasteiger partial charge in [0.1, 0.15) is 5.82 Å². The summed E-state index contributed by atoms with van der Waals surface area (Å²) in [6.07, 6.45) is 1.74. The first kappa shape index (κ1) is 15.6. The lowest BCUT2D eigenvalue weighted by Crippen LogP contribution is -2.36. The van der Waals surface area contributed by atoms with Gasteiger partial charge < -0.3 is 10.4 Å². The van der Waals surface area contributed by atoms with Gasteiger partial charge in [-0.2, -0.15) is 5.26 Å². The number of hydrogen-bond acceptors (Lipinski definition) is 3. The molecule has 0 aromatic heterocycles. The van der Waals surface area contributed by atoms with E-state index in [1.807, 2.05) is 19.9 Å². The second-order valence-electron chi connectivity index (χ2n) is 4.89. The first-order valence-electron chi connectivity index (χ1n) is 6.61. The summed E-state index contributed by atoms with van der Waals surface area (Å²) >= 11 is 0. The highest BCUT2D eigenvalue weighted by Gasteiger charge is 2.24. The van der Waals surface area contributed by atoms with E-state index in [4.69, 9.17) is 5.26 Å². The Balaban J connectivity index is 2.65. The Hall–Kier alpha value is -1.44. The van der Waals surface area contributed by atoms with E-state index in [9.17, 15) is 9.50 Å². The second kappa shape index (κ2) is 7.22. The van der Waals surface area contributed by atoms with Gasteiger partial charge in [0.2, 0.25) is 0 Å². The van der Waals surface area contributed by atoms with Crippen molar-refractivity contribution in [2.24, 2.45) is 5.41 Å². The Kier molecular flexibility index (Phi) is 5.94. The van der Waals surface area contributed by atoms with Crippen LogP contribution in [-0.2, 0) is 6.54 Å². The van der Waals surface area contributed by atoms with Crippen molar-refractivity contribution in [3.8, 4) is 6.07 Å². The monoisotopic (exact) mass is 264 g/mol. The maximum Gasteiger partial charge on any atom is 0.127 e. The van der Waals surface area contributed by atoms with Gasteiger partial charge in [-0.25, -0.2) is 4.39 Å². The third-order valence-corrected chi connectivity index (χ3v) is 3.83. The summed E-state index contributed by atoms with van der Waals surface area (Å²) < 4.78 is 13.6. The largest absolute Gasteiger partial charge is 0.396 e. The van der Waals surface area contributed by atoms with Crippen LogP contribution in [0.2, 0.25) is 0 Å². The molecule has 0 aliphatic heterocycles. The van der Waals surface area contributed by atoms with Crippen LogP contribution in [0, 0.1) is 22.6 Å². The quantitative estimate of drug-likeness (QED) is 0.796. The van der Waals surface area contributed by atoms with Crippen molar-refractivity contribution in [2.45, 2.75) is 33.2 Å².